The number of hydrogen-bond donors (Lipinski definition) is 2. The van der Waals surface area contributed by atoms with Gasteiger partial charge in [-0.25, -0.2) is 9.07 Å². The van der Waals surface area contributed by atoms with Crippen LogP contribution in [0.2, 0.25) is 0 Å². The number of rotatable bonds is 3. The van der Waals surface area contributed by atoms with Crippen molar-refractivity contribution < 1.29 is 19.0 Å². The van der Waals surface area contributed by atoms with Gasteiger partial charge in [0.2, 0.25) is 0 Å². The lowest BCUT2D eigenvalue weighted by Gasteiger charge is -2.55. The summed E-state index contributed by atoms with van der Waals surface area (Å²) >= 11 is 0. The first kappa shape index (κ1) is 16.2. The van der Waals surface area contributed by atoms with Crippen molar-refractivity contribution >= 4 is 5.91 Å². The highest BCUT2D eigenvalue weighted by Crippen LogP contribution is 2.49. The Morgan fingerprint density at radius 2 is 2.08 bits per heavy atom. The first-order valence-electron chi connectivity index (χ1n) is 8.47. The molecule has 4 rings (SSSR count). The Morgan fingerprint density at radius 1 is 1.32 bits per heavy atom. The second-order valence-electron chi connectivity index (χ2n) is 6.72. The number of ether oxygens (including phenoxy) is 1. The summed E-state index contributed by atoms with van der Waals surface area (Å²) in [4.78, 5) is 12.5. The van der Waals surface area contributed by atoms with E-state index >= 15 is 0 Å². The number of aliphatic hydroxyl groups is 1. The molecule has 2 aromatic rings. The largest absolute Gasteiger partial charge is 0.392 e. The number of nitrogens with zero attached hydrogens (tertiary/aromatic N) is 2. The number of aliphatic hydroxyl groups excluding tert-OH is 1. The predicted octanol–water partition coefficient (Wildman–Crippen LogP) is 1.67. The highest BCUT2D eigenvalue weighted by molar-refractivity contribution is 5.92. The van der Waals surface area contributed by atoms with Crippen molar-refractivity contribution in [3.63, 3.8) is 0 Å². The Kier molecular flexibility index (Phi) is 4.05. The van der Waals surface area contributed by atoms with Gasteiger partial charge in [-0.1, -0.05) is 12.1 Å². The summed E-state index contributed by atoms with van der Waals surface area (Å²) in [5.74, 6) is -0.710. The van der Waals surface area contributed by atoms with Gasteiger partial charge in [0.05, 0.1) is 6.10 Å². The zero-order valence-electron chi connectivity index (χ0n) is 13.7. The molecule has 1 aliphatic carbocycles. The molecule has 0 bridgehead atoms. The van der Waals surface area contributed by atoms with Crippen molar-refractivity contribution in [2.24, 2.45) is 5.41 Å². The third-order valence-corrected chi connectivity index (χ3v) is 5.47. The van der Waals surface area contributed by atoms with Crippen LogP contribution in [0.25, 0.3) is 5.69 Å². The van der Waals surface area contributed by atoms with E-state index in [1.165, 1.54) is 10.7 Å². The van der Waals surface area contributed by atoms with Crippen LogP contribution in [-0.2, 0) is 4.74 Å². The Hall–Kier alpha value is -2.25. The molecule has 1 spiro atoms. The van der Waals surface area contributed by atoms with E-state index in [9.17, 15) is 14.3 Å². The second-order valence-corrected chi connectivity index (χ2v) is 6.72. The molecule has 2 aliphatic rings. The van der Waals surface area contributed by atoms with E-state index in [1.54, 1.807) is 30.5 Å². The van der Waals surface area contributed by atoms with Crippen molar-refractivity contribution in [2.45, 2.75) is 31.4 Å². The maximum atomic E-state index is 13.8. The summed E-state index contributed by atoms with van der Waals surface area (Å²) < 4.78 is 20.6. The minimum absolute atomic E-state index is 0.0856. The topological polar surface area (TPSA) is 76.4 Å². The van der Waals surface area contributed by atoms with E-state index in [4.69, 9.17) is 4.74 Å². The van der Waals surface area contributed by atoms with Crippen molar-refractivity contribution in [3.8, 4) is 5.69 Å². The third-order valence-electron chi connectivity index (χ3n) is 5.47. The molecule has 7 heteroatoms. The zero-order chi connectivity index (χ0) is 17.4. The Balaban J connectivity index is 1.48. The highest BCUT2D eigenvalue weighted by Gasteiger charge is 2.55. The van der Waals surface area contributed by atoms with Gasteiger partial charge in [-0.2, -0.15) is 5.10 Å². The van der Waals surface area contributed by atoms with Gasteiger partial charge in [-0.15, -0.1) is 0 Å². The molecular formula is C18H20FN3O3. The van der Waals surface area contributed by atoms with Crippen LogP contribution in [0.15, 0.2) is 36.5 Å². The minimum Gasteiger partial charge on any atom is -0.392 e. The number of carbonyl (C=O) groups excluding carboxylic acids is 1. The highest BCUT2D eigenvalue weighted by atomic mass is 19.1. The fourth-order valence-electron chi connectivity index (χ4n) is 3.85. The Morgan fingerprint density at radius 3 is 2.80 bits per heavy atom. The molecule has 1 aromatic carbocycles. The number of benzene rings is 1. The van der Waals surface area contributed by atoms with E-state index in [-0.39, 0.29) is 23.1 Å². The maximum absolute atomic E-state index is 13.8. The molecule has 2 atom stereocenters. The number of amides is 1. The SMILES string of the molecule is O=C(N[C@@H]1C[C@@H](O)C12CCOCC2)c1ccn(-c2ccccc2F)n1. The molecule has 2 N–H and O–H groups in total. The summed E-state index contributed by atoms with van der Waals surface area (Å²) in [6.07, 6.45) is 3.18. The van der Waals surface area contributed by atoms with Gasteiger partial charge >= 0.3 is 0 Å². The van der Waals surface area contributed by atoms with Crippen LogP contribution in [-0.4, -0.2) is 46.2 Å². The van der Waals surface area contributed by atoms with Crippen molar-refractivity contribution in [1.82, 2.24) is 15.1 Å². The number of aromatic nitrogens is 2. The molecule has 1 saturated heterocycles. The smallest absolute Gasteiger partial charge is 0.272 e. The molecule has 2 heterocycles. The summed E-state index contributed by atoms with van der Waals surface area (Å²) in [5, 5.41) is 17.4. The number of halogens is 1. The minimum atomic E-state index is -0.405. The van der Waals surface area contributed by atoms with E-state index in [0.29, 0.717) is 25.3 Å². The lowest BCUT2D eigenvalue weighted by atomic mass is 9.58. The quantitative estimate of drug-likeness (QED) is 0.887. The average Bonchev–Trinajstić information content (AvgIpc) is 3.12. The molecule has 1 aliphatic heterocycles. The number of hydrogen-bond acceptors (Lipinski definition) is 4. The molecule has 132 valence electrons. The van der Waals surface area contributed by atoms with E-state index in [2.05, 4.69) is 10.4 Å². The van der Waals surface area contributed by atoms with Crippen LogP contribution in [0.1, 0.15) is 29.8 Å². The Labute approximate surface area is 144 Å². The van der Waals surface area contributed by atoms with Gasteiger partial charge < -0.3 is 15.2 Å². The van der Waals surface area contributed by atoms with E-state index in [1.807, 2.05) is 0 Å². The lowest BCUT2D eigenvalue weighted by Crippen LogP contribution is -2.65. The molecular weight excluding hydrogens is 325 g/mol. The first-order valence-corrected chi connectivity index (χ1v) is 8.47. The number of carbonyl (C=O) groups is 1. The van der Waals surface area contributed by atoms with Gasteiger partial charge in [-0.05, 0) is 37.5 Å². The molecule has 0 unspecified atom stereocenters. The molecule has 6 nitrogen and oxygen atoms in total. The van der Waals surface area contributed by atoms with Crippen LogP contribution in [0.3, 0.4) is 0 Å². The van der Waals surface area contributed by atoms with Gasteiger partial charge in [0.15, 0.2) is 5.69 Å². The van der Waals surface area contributed by atoms with E-state index < -0.39 is 11.9 Å². The van der Waals surface area contributed by atoms with Crippen LogP contribution in [0.5, 0.6) is 0 Å². The zero-order valence-corrected chi connectivity index (χ0v) is 13.7. The standard InChI is InChI=1S/C18H20FN3O3/c19-12-3-1-2-4-14(12)22-8-5-13(21-22)17(24)20-15-11-16(23)18(15)6-9-25-10-7-18/h1-5,8,15-16,23H,6-7,9-11H2,(H,20,24)/t15-,16-/m1/s1. The van der Waals surface area contributed by atoms with Crippen molar-refractivity contribution in [1.29, 1.82) is 0 Å². The maximum Gasteiger partial charge on any atom is 0.272 e. The van der Waals surface area contributed by atoms with Crippen molar-refractivity contribution in [3.05, 3.63) is 48.0 Å². The molecule has 2 fully saturated rings. The summed E-state index contributed by atoms with van der Waals surface area (Å²) in [5.41, 5.74) is 0.232. The molecule has 1 saturated carbocycles. The van der Waals surface area contributed by atoms with Gasteiger partial charge in [0.1, 0.15) is 11.5 Å². The molecule has 0 radical (unpaired) electrons. The van der Waals surface area contributed by atoms with Gasteiger partial charge in [-0.3, -0.25) is 4.79 Å². The third kappa shape index (κ3) is 2.73. The normalized spacial score (nSPS) is 24.7. The number of nitrogens with one attached hydrogen (secondary N) is 1. The lowest BCUT2D eigenvalue weighted by molar-refractivity contribution is -0.145. The van der Waals surface area contributed by atoms with Crippen LogP contribution >= 0.6 is 0 Å². The number of para-hydroxylation sites is 1. The first-order chi connectivity index (χ1) is 12.1. The predicted molar refractivity (Wildman–Crippen MR) is 87.9 cm³/mol. The molecule has 1 amide bonds. The van der Waals surface area contributed by atoms with E-state index in [0.717, 1.165) is 12.8 Å². The fourth-order valence-corrected chi connectivity index (χ4v) is 3.85. The Bertz CT molecular complexity index is 785. The van der Waals surface area contributed by atoms with Crippen LogP contribution in [0.4, 0.5) is 4.39 Å². The molecule has 1 aromatic heterocycles. The average molecular weight is 345 g/mol. The fraction of sp³-hybridized carbons (Fsp3) is 0.444. The second kappa shape index (κ2) is 6.24. The van der Waals surface area contributed by atoms with Crippen molar-refractivity contribution in [2.75, 3.05) is 13.2 Å². The molecule has 25 heavy (non-hydrogen) atoms. The summed E-state index contributed by atoms with van der Waals surface area (Å²) in [7, 11) is 0. The van der Waals surface area contributed by atoms with Gasteiger partial charge in [0.25, 0.3) is 5.91 Å². The van der Waals surface area contributed by atoms with Crippen LogP contribution in [0, 0.1) is 11.2 Å². The van der Waals surface area contributed by atoms with Gasteiger partial charge in [0, 0.05) is 30.9 Å². The summed E-state index contributed by atoms with van der Waals surface area (Å²) in [6.45, 7) is 1.21. The monoisotopic (exact) mass is 345 g/mol. The van der Waals surface area contributed by atoms with Crippen LogP contribution < -0.4 is 5.32 Å². The summed E-state index contributed by atoms with van der Waals surface area (Å²) in [6, 6.07) is 7.74.